The highest BCUT2D eigenvalue weighted by Crippen LogP contribution is 2.27. The van der Waals surface area contributed by atoms with Crippen molar-refractivity contribution >= 4 is 39.2 Å². The number of benzene rings is 2. The molecule has 2 N–H and O–H groups in total. The van der Waals surface area contributed by atoms with Crippen LogP contribution in [0.3, 0.4) is 0 Å². The van der Waals surface area contributed by atoms with Crippen LogP contribution in [0.1, 0.15) is 12.5 Å². The lowest BCUT2D eigenvalue weighted by Crippen LogP contribution is -2.45. The maximum Gasteiger partial charge on any atom is 0.329 e. The fourth-order valence-electron chi connectivity index (χ4n) is 2.04. The smallest absolute Gasteiger partial charge is 0.329 e. The predicted molar refractivity (Wildman–Crippen MR) is 89.0 cm³/mol. The number of anilines is 1. The molecule has 0 aliphatic carbocycles. The van der Waals surface area contributed by atoms with Gasteiger partial charge in [-0.3, -0.25) is 0 Å². The third-order valence-corrected chi connectivity index (χ3v) is 4.17. The molecular formula is C16H15BrClNO2. The van der Waals surface area contributed by atoms with Gasteiger partial charge in [0, 0.05) is 21.6 Å². The molecule has 0 fully saturated rings. The van der Waals surface area contributed by atoms with Crippen molar-refractivity contribution in [2.75, 3.05) is 5.32 Å². The molecule has 0 spiro atoms. The molecule has 1 atom stereocenters. The van der Waals surface area contributed by atoms with Crippen molar-refractivity contribution in [2.24, 2.45) is 0 Å². The summed E-state index contributed by atoms with van der Waals surface area (Å²) < 4.78 is 0.827. The Hall–Kier alpha value is -1.52. The first-order chi connectivity index (χ1) is 9.90. The highest BCUT2D eigenvalue weighted by Gasteiger charge is 2.33. The highest BCUT2D eigenvalue weighted by atomic mass is 79.9. The Bertz CT molecular complexity index is 645. The Kier molecular flexibility index (Phi) is 4.91. The van der Waals surface area contributed by atoms with E-state index in [1.165, 1.54) is 0 Å². The topological polar surface area (TPSA) is 49.3 Å². The van der Waals surface area contributed by atoms with Gasteiger partial charge in [0.1, 0.15) is 5.54 Å². The van der Waals surface area contributed by atoms with Gasteiger partial charge in [-0.2, -0.15) is 0 Å². The van der Waals surface area contributed by atoms with Gasteiger partial charge >= 0.3 is 5.97 Å². The summed E-state index contributed by atoms with van der Waals surface area (Å²) in [5, 5.41) is 13.3. The van der Waals surface area contributed by atoms with E-state index in [9.17, 15) is 9.90 Å². The van der Waals surface area contributed by atoms with E-state index in [2.05, 4.69) is 21.2 Å². The lowest BCUT2D eigenvalue weighted by Gasteiger charge is -2.28. The van der Waals surface area contributed by atoms with E-state index in [1.54, 1.807) is 19.1 Å². The second kappa shape index (κ2) is 6.50. The number of carboxylic acid groups (broad SMARTS) is 1. The summed E-state index contributed by atoms with van der Waals surface area (Å²) in [5.74, 6) is -0.909. The van der Waals surface area contributed by atoms with Gasteiger partial charge in [0.05, 0.1) is 0 Å². The van der Waals surface area contributed by atoms with Crippen LogP contribution in [0.25, 0.3) is 0 Å². The van der Waals surface area contributed by atoms with Crippen LogP contribution in [0.2, 0.25) is 5.02 Å². The van der Waals surface area contributed by atoms with Gasteiger partial charge in [0.15, 0.2) is 0 Å². The third kappa shape index (κ3) is 3.99. The van der Waals surface area contributed by atoms with E-state index in [1.807, 2.05) is 36.4 Å². The summed E-state index contributed by atoms with van der Waals surface area (Å²) in [6.07, 6.45) is 0.348. The van der Waals surface area contributed by atoms with Crippen molar-refractivity contribution in [3.8, 4) is 0 Å². The molecule has 2 rings (SSSR count). The van der Waals surface area contributed by atoms with E-state index in [0.717, 1.165) is 15.7 Å². The summed E-state index contributed by atoms with van der Waals surface area (Å²) in [7, 11) is 0. The van der Waals surface area contributed by atoms with Gasteiger partial charge in [-0.1, -0.05) is 35.9 Å². The minimum atomic E-state index is -1.11. The number of hydrogen-bond acceptors (Lipinski definition) is 2. The zero-order chi connectivity index (χ0) is 15.5. The lowest BCUT2D eigenvalue weighted by atomic mass is 9.92. The van der Waals surface area contributed by atoms with Crippen molar-refractivity contribution in [1.82, 2.24) is 0 Å². The van der Waals surface area contributed by atoms with Gasteiger partial charge < -0.3 is 10.4 Å². The number of nitrogens with one attached hydrogen (secondary N) is 1. The summed E-state index contributed by atoms with van der Waals surface area (Å²) in [6, 6.07) is 14.6. The molecule has 21 heavy (non-hydrogen) atoms. The van der Waals surface area contributed by atoms with E-state index in [4.69, 9.17) is 11.6 Å². The van der Waals surface area contributed by atoms with E-state index in [0.29, 0.717) is 11.4 Å². The molecule has 0 bridgehead atoms. The molecule has 0 radical (unpaired) electrons. The number of halogens is 2. The summed E-state index contributed by atoms with van der Waals surface area (Å²) >= 11 is 9.28. The second-order valence-corrected chi connectivity index (χ2v) is 6.34. The Morgan fingerprint density at radius 1 is 1.24 bits per heavy atom. The first kappa shape index (κ1) is 15.9. The molecule has 3 nitrogen and oxygen atoms in total. The Balaban J connectivity index is 2.26. The average Bonchev–Trinajstić information content (AvgIpc) is 2.44. The molecule has 5 heteroatoms. The van der Waals surface area contributed by atoms with E-state index < -0.39 is 11.5 Å². The summed E-state index contributed by atoms with van der Waals surface area (Å²) in [5.41, 5.74) is 0.540. The predicted octanol–water partition coefficient (Wildman–Crippen LogP) is 4.60. The molecule has 0 saturated carbocycles. The van der Waals surface area contributed by atoms with Gasteiger partial charge in [0.2, 0.25) is 0 Å². The Morgan fingerprint density at radius 3 is 2.43 bits per heavy atom. The fourth-order valence-corrected chi connectivity index (χ4v) is 2.55. The summed E-state index contributed by atoms with van der Waals surface area (Å²) in [6.45, 7) is 1.67. The molecule has 2 aromatic rings. The van der Waals surface area contributed by atoms with Crippen LogP contribution < -0.4 is 5.32 Å². The van der Waals surface area contributed by atoms with Crippen molar-refractivity contribution in [3.63, 3.8) is 0 Å². The molecule has 110 valence electrons. The molecule has 0 aliphatic heterocycles. The molecule has 0 heterocycles. The number of rotatable bonds is 5. The lowest BCUT2D eigenvalue weighted by molar-refractivity contribution is -0.141. The van der Waals surface area contributed by atoms with E-state index in [-0.39, 0.29) is 0 Å². The van der Waals surface area contributed by atoms with E-state index >= 15 is 0 Å². The molecule has 2 aromatic carbocycles. The largest absolute Gasteiger partial charge is 0.480 e. The minimum Gasteiger partial charge on any atom is -0.480 e. The van der Waals surface area contributed by atoms with Gasteiger partial charge in [0.25, 0.3) is 0 Å². The molecule has 0 aliphatic rings. The first-order valence-electron chi connectivity index (χ1n) is 6.41. The van der Waals surface area contributed by atoms with Crippen LogP contribution in [-0.2, 0) is 11.2 Å². The first-order valence-corrected chi connectivity index (χ1v) is 7.58. The van der Waals surface area contributed by atoms with Crippen LogP contribution >= 0.6 is 27.5 Å². The Morgan fingerprint density at radius 2 is 1.86 bits per heavy atom. The average molecular weight is 369 g/mol. The molecule has 0 amide bonds. The van der Waals surface area contributed by atoms with Crippen LogP contribution in [0, 0.1) is 0 Å². The number of para-hydroxylation sites is 1. The van der Waals surface area contributed by atoms with Crippen LogP contribution in [0.5, 0.6) is 0 Å². The standard InChI is InChI=1S/C16H15BrClNO2/c1-16(15(20)21,10-11-6-8-12(18)9-7-11)19-14-5-3-2-4-13(14)17/h2-9,19H,10H2,1H3,(H,20,21). The second-order valence-electron chi connectivity index (χ2n) is 5.05. The number of hydrogen-bond donors (Lipinski definition) is 2. The third-order valence-electron chi connectivity index (χ3n) is 3.23. The fraction of sp³-hybridized carbons (Fsp3) is 0.188. The van der Waals surface area contributed by atoms with Gasteiger partial charge in [-0.05, 0) is 52.7 Å². The van der Waals surface area contributed by atoms with Crippen LogP contribution in [0.15, 0.2) is 53.0 Å². The van der Waals surface area contributed by atoms with Crippen LogP contribution in [0.4, 0.5) is 5.69 Å². The molecule has 0 saturated heterocycles. The SMILES string of the molecule is CC(Cc1ccc(Cl)cc1)(Nc1ccccc1Br)C(=O)O. The number of aliphatic carboxylic acids is 1. The van der Waals surface area contributed by atoms with Gasteiger partial charge in [-0.15, -0.1) is 0 Å². The number of carboxylic acids is 1. The molecular weight excluding hydrogens is 354 g/mol. The molecule has 1 unspecified atom stereocenters. The zero-order valence-electron chi connectivity index (χ0n) is 11.4. The van der Waals surface area contributed by atoms with Crippen molar-refractivity contribution in [1.29, 1.82) is 0 Å². The highest BCUT2D eigenvalue weighted by molar-refractivity contribution is 9.10. The van der Waals surface area contributed by atoms with Gasteiger partial charge in [-0.25, -0.2) is 4.79 Å². The van der Waals surface area contributed by atoms with Crippen molar-refractivity contribution in [2.45, 2.75) is 18.9 Å². The summed E-state index contributed by atoms with van der Waals surface area (Å²) in [4.78, 5) is 11.7. The zero-order valence-corrected chi connectivity index (χ0v) is 13.8. The minimum absolute atomic E-state index is 0.348. The molecule has 0 aromatic heterocycles. The maximum atomic E-state index is 11.7. The van der Waals surface area contributed by atoms with Crippen molar-refractivity contribution < 1.29 is 9.90 Å². The monoisotopic (exact) mass is 367 g/mol. The van der Waals surface area contributed by atoms with Crippen LogP contribution in [-0.4, -0.2) is 16.6 Å². The quantitative estimate of drug-likeness (QED) is 0.811. The normalized spacial score (nSPS) is 13.5. The maximum absolute atomic E-state index is 11.7. The van der Waals surface area contributed by atoms with Crippen molar-refractivity contribution in [3.05, 3.63) is 63.6 Å². The Labute approximate surface area is 137 Å². The number of carbonyl (C=O) groups is 1.